The Morgan fingerprint density at radius 3 is 2.77 bits per heavy atom. The molecule has 1 amide bonds. The molecule has 1 N–H and O–H groups in total. The summed E-state index contributed by atoms with van der Waals surface area (Å²) in [6, 6.07) is 5.16. The Labute approximate surface area is 151 Å². The first kappa shape index (κ1) is 18.1. The molecule has 3 aromatic heterocycles. The summed E-state index contributed by atoms with van der Waals surface area (Å²) in [5, 5.41) is 14.9. The lowest BCUT2D eigenvalue weighted by Gasteiger charge is -2.17. The molecule has 0 unspecified atom stereocenters. The standard InChI is InChI=1S/C18H23N5O3/c1-11(2)16-21-20-15-7-6-12(9-23(15)16)19-17(24)14-8-13(26-22-14)10-25-18(3,4)5/h6-9,11H,10H2,1-5H3,(H,19,24). The summed E-state index contributed by atoms with van der Waals surface area (Å²) in [7, 11) is 0. The molecule has 26 heavy (non-hydrogen) atoms. The lowest BCUT2D eigenvalue weighted by atomic mass is 10.2. The monoisotopic (exact) mass is 357 g/mol. The normalized spacial score (nSPS) is 12.1. The molecule has 0 aromatic carbocycles. The van der Waals surface area contributed by atoms with Crippen molar-refractivity contribution in [1.82, 2.24) is 19.8 Å². The van der Waals surface area contributed by atoms with E-state index in [1.807, 2.05) is 39.0 Å². The Bertz CT molecular complexity index is 920. The van der Waals surface area contributed by atoms with E-state index in [0.717, 1.165) is 11.5 Å². The SMILES string of the molecule is CC(C)c1nnc2ccc(NC(=O)c3cc(COC(C)(C)C)on3)cn12. The second-order valence-electron chi connectivity index (χ2n) is 7.39. The number of rotatable bonds is 5. The van der Waals surface area contributed by atoms with Gasteiger partial charge in [0.25, 0.3) is 5.91 Å². The van der Waals surface area contributed by atoms with Crippen LogP contribution in [-0.2, 0) is 11.3 Å². The van der Waals surface area contributed by atoms with Crippen LogP contribution in [0.3, 0.4) is 0 Å². The maximum absolute atomic E-state index is 12.4. The largest absolute Gasteiger partial charge is 0.368 e. The summed E-state index contributed by atoms with van der Waals surface area (Å²) in [5.74, 6) is 1.20. The average Bonchev–Trinajstić information content (AvgIpc) is 3.19. The Morgan fingerprint density at radius 2 is 2.08 bits per heavy atom. The van der Waals surface area contributed by atoms with Gasteiger partial charge in [-0.1, -0.05) is 19.0 Å². The van der Waals surface area contributed by atoms with Crippen LogP contribution in [0.25, 0.3) is 5.65 Å². The predicted molar refractivity (Wildman–Crippen MR) is 96.1 cm³/mol. The van der Waals surface area contributed by atoms with Crippen molar-refractivity contribution in [2.45, 2.75) is 52.7 Å². The van der Waals surface area contributed by atoms with E-state index in [4.69, 9.17) is 9.26 Å². The fraction of sp³-hybridized carbons (Fsp3) is 0.444. The number of anilines is 1. The van der Waals surface area contributed by atoms with E-state index in [-0.39, 0.29) is 29.7 Å². The zero-order valence-corrected chi connectivity index (χ0v) is 15.6. The molecule has 138 valence electrons. The van der Waals surface area contributed by atoms with Crippen molar-refractivity contribution in [2.75, 3.05) is 5.32 Å². The van der Waals surface area contributed by atoms with Gasteiger partial charge in [0.15, 0.2) is 17.1 Å². The first-order chi connectivity index (χ1) is 12.2. The fourth-order valence-corrected chi connectivity index (χ4v) is 2.35. The third-order valence-electron chi connectivity index (χ3n) is 3.64. The number of carbonyl (C=O) groups is 1. The number of nitrogens with one attached hydrogen (secondary N) is 1. The quantitative estimate of drug-likeness (QED) is 0.752. The minimum Gasteiger partial charge on any atom is -0.368 e. The van der Waals surface area contributed by atoms with Crippen LogP contribution < -0.4 is 5.32 Å². The molecule has 0 spiro atoms. The van der Waals surface area contributed by atoms with Gasteiger partial charge in [-0.15, -0.1) is 10.2 Å². The molecule has 0 radical (unpaired) electrons. The molecule has 0 aliphatic carbocycles. The number of hydrogen-bond donors (Lipinski definition) is 1. The number of hydrogen-bond acceptors (Lipinski definition) is 6. The number of amides is 1. The summed E-state index contributed by atoms with van der Waals surface area (Å²) in [6.45, 7) is 10.2. The fourth-order valence-electron chi connectivity index (χ4n) is 2.35. The molecule has 3 heterocycles. The predicted octanol–water partition coefficient (Wildman–Crippen LogP) is 3.41. The van der Waals surface area contributed by atoms with E-state index in [1.54, 1.807) is 24.4 Å². The molecule has 0 fully saturated rings. The number of aromatic nitrogens is 4. The van der Waals surface area contributed by atoms with E-state index in [2.05, 4.69) is 20.7 Å². The van der Waals surface area contributed by atoms with Gasteiger partial charge in [-0.3, -0.25) is 9.20 Å². The molecular weight excluding hydrogens is 334 g/mol. The van der Waals surface area contributed by atoms with Gasteiger partial charge < -0.3 is 14.6 Å². The maximum Gasteiger partial charge on any atom is 0.277 e. The Hall–Kier alpha value is -2.74. The zero-order chi connectivity index (χ0) is 18.9. The third kappa shape index (κ3) is 4.08. The van der Waals surface area contributed by atoms with Gasteiger partial charge in [-0.05, 0) is 32.9 Å². The van der Waals surface area contributed by atoms with Crippen molar-refractivity contribution in [1.29, 1.82) is 0 Å². The van der Waals surface area contributed by atoms with Crippen molar-refractivity contribution in [3.8, 4) is 0 Å². The van der Waals surface area contributed by atoms with Crippen LogP contribution in [0.2, 0.25) is 0 Å². The van der Waals surface area contributed by atoms with Crippen molar-refractivity contribution < 1.29 is 14.1 Å². The van der Waals surface area contributed by atoms with E-state index in [0.29, 0.717) is 11.4 Å². The van der Waals surface area contributed by atoms with Crippen LogP contribution in [0.5, 0.6) is 0 Å². The van der Waals surface area contributed by atoms with Gasteiger partial charge in [0.2, 0.25) is 0 Å². The van der Waals surface area contributed by atoms with Gasteiger partial charge in [-0.2, -0.15) is 0 Å². The Balaban J connectivity index is 1.73. The molecule has 8 nitrogen and oxygen atoms in total. The number of fused-ring (bicyclic) bond motifs is 1. The second kappa shape index (κ2) is 6.87. The Kier molecular flexibility index (Phi) is 4.78. The van der Waals surface area contributed by atoms with Crippen molar-refractivity contribution in [2.24, 2.45) is 0 Å². The molecule has 0 saturated heterocycles. The first-order valence-electron chi connectivity index (χ1n) is 8.48. The van der Waals surface area contributed by atoms with E-state index in [9.17, 15) is 4.79 Å². The molecule has 0 aliphatic rings. The third-order valence-corrected chi connectivity index (χ3v) is 3.64. The van der Waals surface area contributed by atoms with Crippen molar-refractivity contribution in [3.63, 3.8) is 0 Å². The first-order valence-corrected chi connectivity index (χ1v) is 8.48. The van der Waals surface area contributed by atoms with E-state index in [1.165, 1.54) is 0 Å². The number of ether oxygens (including phenoxy) is 1. The minimum atomic E-state index is -0.353. The van der Waals surface area contributed by atoms with E-state index >= 15 is 0 Å². The van der Waals surface area contributed by atoms with Crippen LogP contribution in [0.15, 0.2) is 28.9 Å². The lowest BCUT2D eigenvalue weighted by Crippen LogP contribution is -2.18. The van der Waals surface area contributed by atoms with Gasteiger partial charge in [0, 0.05) is 18.2 Å². The topological polar surface area (TPSA) is 94.5 Å². The van der Waals surface area contributed by atoms with Crippen LogP contribution >= 0.6 is 0 Å². The van der Waals surface area contributed by atoms with Gasteiger partial charge in [0.05, 0.1) is 11.3 Å². The van der Waals surface area contributed by atoms with Gasteiger partial charge >= 0.3 is 0 Å². The highest BCUT2D eigenvalue weighted by Crippen LogP contribution is 2.18. The number of nitrogens with zero attached hydrogens (tertiary/aromatic N) is 4. The lowest BCUT2D eigenvalue weighted by molar-refractivity contribution is -0.0241. The number of pyridine rings is 1. The molecule has 3 rings (SSSR count). The van der Waals surface area contributed by atoms with Crippen LogP contribution in [0, 0.1) is 0 Å². The van der Waals surface area contributed by atoms with Gasteiger partial charge in [-0.25, -0.2) is 0 Å². The summed E-state index contributed by atoms with van der Waals surface area (Å²) in [6.07, 6.45) is 1.80. The minimum absolute atomic E-state index is 0.199. The average molecular weight is 357 g/mol. The van der Waals surface area contributed by atoms with E-state index < -0.39 is 0 Å². The van der Waals surface area contributed by atoms with Crippen molar-refractivity contribution >= 4 is 17.2 Å². The van der Waals surface area contributed by atoms with Crippen molar-refractivity contribution in [3.05, 3.63) is 41.7 Å². The molecule has 0 bridgehead atoms. The highest BCUT2D eigenvalue weighted by molar-refractivity contribution is 6.02. The van der Waals surface area contributed by atoms with Crippen LogP contribution in [0.1, 0.15) is 62.6 Å². The smallest absolute Gasteiger partial charge is 0.277 e. The molecule has 0 atom stereocenters. The molecular formula is C18H23N5O3. The highest BCUT2D eigenvalue weighted by atomic mass is 16.5. The van der Waals surface area contributed by atoms with Crippen LogP contribution in [0.4, 0.5) is 5.69 Å². The highest BCUT2D eigenvalue weighted by Gasteiger charge is 2.17. The summed E-state index contributed by atoms with van der Waals surface area (Å²) in [4.78, 5) is 12.4. The maximum atomic E-state index is 12.4. The Morgan fingerprint density at radius 1 is 1.31 bits per heavy atom. The summed E-state index contributed by atoms with van der Waals surface area (Å²) < 4.78 is 12.7. The number of carbonyl (C=O) groups excluding carboxylic acids is 1. The summed E-state index contributed by atoms with van der Waals surface area (Å²) in [5.41, 5.74) is 1.26. The van der Waals surface area contributed by atoms with Crippen LogP contribution in [-0.4, -0.2) is 31.3 Å². The zero-order valence-electron chi connectivity index (χ0n) is 15.6. The molecule has 8 heteroatoms. The van der Waals surface area contributed by atoms with Gasteiger partial charge in [0.1, 0.15) is 12.4 Å². The molecule has 0 aliphatic heterocycles. The molecule has 0 saturated carbocycles. The molecule has 3 aromatic rings. The second-order valence-corrected chi connectivity index (χ2v) is 7.39. The summed E-state index contributed by atoms with van der Waals surface area (Å²) >= 11 is 0.